The topological polar surface area (TPSA) is 76.1 Å². The van der Waals surface area contributed by atoms with Gasteiger partial charge in [-0.2, -0.15) is 0 Å². The molecule has 1 heterocycles. The van der Waals surface area contributed by atoms with Crippen LogP contribution < -0.4 is 5.32 Å². The Morgan fingerprint density at radius 2 is 1.93 bits per heavy atom. The van der Waals surface area contributed by atoms with Crippen LogP contribution in [0, 0.1) is 11.6 Å². The van der Waals surface area contributed by atoms with Crippen molar-refractivity contribution in [1.82, 2.24) is 4.98 Å². The molecule has 9 heteroatoms. The molecule has 0 saturated carbocycles. The van der Waals surface area contributed by atoms with Crippen LogP contribution in [-0.2, 0) is 9.84 Å². The van der Waals surface area contributed by atoms with Crippen LogP contribution in [0.4, 0.5) is 13.9 Å². The molecule has 0 fully saturated rings. The van der Waals surface area contributed by atoms with Crippen molar-refractivity contribution in [3.05, 3.63) is 65.0 Å². The summed E-state index contributed by atoms with van der Waals surface area (Å²) in [6.07, 6.45) is 0. The van der Waals surface area contributed by atoms with E-state index in [9.17, 15) is 22.0 Å². The highest BCUT2D eigenvalue weighted by molar-refractivity contribution is 7.91. The Kier molecular flexibility index (Phi) is 5.33. The smallest absolute Gasteiger partial charge is 0.258 e. The van der Waals surface area contributed by atoms with Gasteiger partial charge < -0.3 is 0 Å². The molecule has 140 valence electrons. The second kappa shape index (κ2) is 7.53. The largest absolute Gasteiger partial charge is 0.298 e. The average molecular weight is 408 g/mol. The number of halogens is 2. The fraction of sp³-hybridized carbons (Fsp3) is 0.111. The van der Waals surface area contributed by atoms with Crippen LogP contribution in [0.3, 0.4) is 0 Å². The number of anilines is 1. The van der Waals surface area contributed by atoms with Crippen LogP contribution in [0.1, 0.15) is 17.3 Å². The van der Waals surface area contributed by atoms with Crippen molar-refractivity contribution >= 4 is 32.2 Å². The summed E-state index contributed by atoms with van der Waals surface area (Å²) >= 11 is 1.05. The van der Waals surface area contributed by atoms with Gasteiger partial charge in [-0.05, 0) is 24.3 Å². The summed E-state index contributed by atoms with van der Waals surface area (Å²) in [5.74, 6) is -2.24. The number of sulfone groups is 1. The van der Waals surface area contributed by atoms with Gasteiger partial charge in [-0.3, -0.25) is 10.1 Å². The lowest BCUT2D eigenvalue weighted by molar-refractivity contribution is 0.102. The number of nitrogens with zero attached hydrogens (tertiary/aromatic N) is 1. The van der Waals surface area contributed by atoms with Crippen molar-refractivity contribution in [3.63, 3.8) is 0 Å². The average Bonchev–Trinajstić information content (AvgIpc) is 3.09. The first-order valence-electron chi connectivity index (χ1n) is 7.86. The van der Waals surface area contributed by atoms with Crippen molar-refractivity contribution in [3.8, 4) is 11.3 Å². The standard InChI is InChI=1S/C18H14F2N2O3S2/c1-2-27(24,25)16-6-4-3-5-13(16)17(23)22-18-21-15(10-26-18)12-8-7-11(19)9-14(12)20/h3-10H,2H2,1H3,(H,21,22,23). The van der Waals surface area contributed by atoms with Gasteiger partial charge in [-0.1, -0.05) is 19.1 Å². The molecule has 3 rings (SSSR count). The molecule has 0 bridgehead atoms. The Morgan fingerprint density at radius 1 is 1.19 bits per heavy atom. The number of nitrogens with one attached hydrogen (secondary N) is 1. The van der Waals surface area contributed by atoms with Crippen molar-refractivity contribution in [2.75, 3.05) is 11.1 Å². The van der Waals surface area contributed by atoms with Crippen molar-refractivity contribution in [1.29, 1.82) is 0 Å². The molecule has 0 spiro atoms. The van der Waals surface area contributed by atoms with Crippen LogP contribution in [-0.4, -0.2) is 25.1 Å². The maximum absolute atomic E-state index is 13.9. The molecule has 0 aliphatic heterocycles. The van der Waals surface area contributed by atoms with Crippen molar-refractivity contribution in [2.24, 2.45) is 0 Å². The molecule has 1 amide bonds. The van der Waals surface area contributed by atoms with Crippen molar-refractivity contribution < 1.29 is 22.0 Å². The number of thiazole rings is 1. The normalized spacial score (nSPS) is 11.4. The fourth-order valence-electron chi connectivity index (χ4n) is 2.40. The molecule has 2 aromatic carbocycles. The first-order chi connectivity index (χ1) is 12.8. The zero-order chi connectivity index (χ0) is 19.6. The molecule has 1 aromatic heterocycles. The monoisotopic (exact) mass is 408 g/mol. The van der Waals surface area contributed by atoms with Gasteiger partial charge in [0.05, 0.1) is 21.9 Å². The molecule has 0 aliphatic carbocycles. The van der Waals surface area contributed by atoms with E-state index in [1.54, 1.807) is 6.07 Å². The summed E-state index contributed by atoms with van der Waals surface area (Å²) < 4.78 is 51.2. The number of hydrogen-bond donors (Lipinski definition) is 1. The van der Waals surface area contributed by atoms with E-state index in [0.29, 0.717) is 0 Å². The van der Waals surface area contributed by atoms with E-state index in [-0.39, 0.29) is 32.6 Å². The number of rotatable bonds is 5. The molecule has 0 unspecified atom stereocenters. The van der Waals surface area contributed by atoms with Crippen LogP contribution >= 0.6 is 11.3 Å². The number of benzene rings is 2. The third kappa shape index (κ3) is 4.04. The van der Waals surface area contributed by atoms with E-state index >= 15 is 0 Å². The Hall–Kier alpha value is -2.65. The Bertz CT molecular complexity index is 1110. The number of carbonyl (C=O) groups excluding carboxylic acids is 1. The number of hydrogen-bond acceptors (Lipinski definition) is 5. The van der Waals surface area contributed by atoms with E-state index in [0.717, 1.165) is 23.5 Å². The molecule has 0 radical (unpaired) electrons. The third-order valence-corrected chi connectivity index (χ3v) is 6.32. The van der Waals surface area contributed by atoms with Crippen LogP contribution in [0.2, 0.25) is 0 Å². The third-order valence-electron chi connectivity index (χ3n) is 3.78. The maximum Gasteiger partial charge on any atom is 0.258 e. The van der Waals surface area contributed by atoms with Crippen molar-refractivity contribution in [2.45, 2.75) is 11.8 Å². The van der Waals surface area contributed by atoms with Crippen LogP contribution in [0.15, 0.2) is 52.7 Å². The van der Waals surface area contributed by atoms with E-state index in [4.69, 9.17) is 0 Å². The van der Waals surface area contributed by atoms with Gasteiger partial charge in [0.1, 0.15) is 11.6 Å². The van der Waals surface area contributed by atoms with E-state index in [1.165, 1.54) is 36.6 Å². The SMILES string of the molecule is CCS(=O)(=O)c1ccccc1C(=O)Nc1nc(-c2ccc(F)cc2F)cs1. The second-order valence-corrected chi connectivity index (χ2v) is 8.62. The van der Waals surface area contributed by atoms with Gasteiger partial charge in [0.25, 0.3) is 5.91 Å². The molecular weight excluding hydrogens is 394 g/mol. The highest BCUT2D eigenvalue weighted by Gasteiger charge is 2.21. The summed E-state index contributed by atoms with van der Waals surface area (Å²) in [5.41, 5.74) is 0.341. The highest BCUT2D eigenvalue weighted by atomic mass is 32.2. The van der Waals surface area contributed by atoms with Gasteiger partial charge >= 0.3 is 0 Å². The number of amides is 1. The summed E-state index contributed by atoms with van der Waals surface area (Å²) in [6.45, 7) is 1.49. The molecule has 0 saturated heterocycles. The molecule has 27 heavy (non-hydrogen) atoms. The predicted octanol–water partition coefficient (Wildman–Crippen LogP) is 4.13. The minimum absolute atomic E-state index is 0.00376. The lowest BCUT2D eigenvalue weighted by atomic mass is 10.1. The van der Waals surface area contributed by atoms with Gasteiger partial charge in [0.2, 0.25) is 0 Å². The molecule has 1 N–H and O–H groups in total. The fourth-order valence-corrected chi connectivity index (χ4v) is 4.20. The van der Waals surface area contributed by atoms with Gasteiger partial charge in [0.15, 0.2) is 15.0 Å². The first-order valence-corrected chi connectivity index (χ1v) is 10.4. The lowest BCUT2D eigenvalue weighted by Crippen LogP contribution is -2.17. The van der Waals surface area contributed by atoms with Crippen LogP contribution in [0.25, 0.3) is 11.3 Å². The highest BCUT2D eigenvalue weighted by Crippen LogP contribution is 2.28. The summed E-state index contributed by atoms with van der Waals surface area (Å²) in [6, 6.07) is 9.00. The van der Waals surface area contributed by atoms with Crippen LogP contribution in [0.5, 0.6) is 0 Å². The Morgan fingerprint density at radius 3 is 2.63 bits per heavy atom. The summed E-state index contributed by atoms with van der Waals surface area (Å²) in [4.78, 5) is 16.6. The van der Waals surface area contributed by atoms with E-state index in [1.807, 2.05) is 0 Å². The van der Waals surface area contributed by atoms with Gasteiger partial charge in [-0.15, -0.1) is 11.3 Å². The molecule has 5 nitrogen and oxygen atoms in total. The van der Waals surface area contributed by atoms with E-state index in [2.05, 4.69) is 10.3 Å². The molecule has 3 aromatic rings. The van der Waals surface area contributed by atoms with Gasteiger partial charge in [-0.25, -0.2) is 22.2 Å². The quantitative estimate of drug-likeness (QED) is 0.689. The van der Waals surface area contributed by atoms with E-state index < -0.39 is 27.4 Å². The second-order valence-electron chi connectivity index (χ2n) is 5.52. The minimum atomic E-state index is -3.58. The lowest BCUT2D eigenvalue weighted by Gasteiger charge is -2.08. The minimum Gasteiger partial charge on any atom is -0.298 e. The zero-order valence-corrected chi connectivity index (χ0v) is 15.7. The predicted molar refractivity (Wildman–Crippen MR) is 99.6 cm³/mol. The maximum atomic E-state index is 13.9. The Balaban J connectivity index is 1.88. The summed E-state index contributed by atoms with van der Waals surface area (Å²) in [5, 5.41) is 4.21. The Labute approximate surface area is 158 Å². The molecule has 0 atom stereocenters. The van der Waals surface area contributed by atoms with Gasteiger partial charge in [0, 0.05) is 17.0 Å². The zero-order valence-electron chi connectivity index (χ0n) is 14.1. The summed E-state index contributed by atoms with van der Waals surface area (Å²) in [7, 11) is -3.58. The first kappa shape index (κ1) is 19.1. The number of aromatic nitrogens is 1. The molecule has 0 aliphatic rings. The number of carbonyl (C=O) groups is 1. The molecular formula is C18H14F2N2O3S2.